The Balaban J connectivity index is 0.00000300. The zero-order valence-electron chi connectivity index (χ0n) is 17.2. The summed E-state index contributed by atoms with van der Waals surface area (Å²) in [4.78, 5) is 18.8. The van der Waals surface area contributed by atoms with Crippen LogP contribution in [0.25, 0.3) is 0 Å². The molecule has 1 amide bonds. The molecule has 6 nitrogen and oxygen atoms in total. The molecular formula is C22H30IN5O. The van der Waals surface area contributed by atoms with E-state index in [0.717, 1.165) is 29.4 Å². The second-order valence-electron chi connectivity index (χ2n) is 7.18. The van der Waals surface area contributed by atoms with E-state index in [2.05, 4.69) is 51.2 Å². The van der Waals surface area contributed by atoms with E-state index in [4.69, 9.17) is 4.99 Å². The largest absolute Gasteiger partial charge is 0.378 e. The maximum absolute atomic E-state index is 12.0. The minimum absolute atomic E-state index is 0. The summed E-state index contributed by atoms with van der Waals surface area (Å²) in [5, 5.41) is 9.65. The lowest BCUT2D eigenvalue weighted by Crippen LogP contribution is -2.40. The number of hydrogen-bond donors (Lipinski definition) is 3. The number of guanidine groups is 1. The molecule has 0 aliphatic carbocycles. The first-order valence-corrected chi connectivity index (χ1v) is 9.74. The van der Waals surface area contributed by atoms with E-state index in [1.54, 1.807) is 0 Å². The third kappa shape index (κ3) is 6.35. The lowest BCUT2D eigenvalue weighted by molar-refractivity contribution is -0.116. The van der Waals surface area contributed by atoms with Gasteiger partial charge in [0, 0.05) is 50.9 Å². The summed E-state index contributed by atoms with van der Waals surface area (Å²) in [6.45, 7) is 4.09. The number of halogens is 1. The summed E-state index contributed by atoms with van der Waals surface area (Å²) in [5.74, 6) is 0.958. The van der Waals surface area contributed by atoms with Crippen LogP contribution in [0.5, 0.6) is 0 Å². The number of para-hydroxylation sites is 1. The van der Waals surface area contributed by atoms with Crippen molar-refractivity contribution in [1.82, 2.24) is 10.6 Å². The fourth-order valence-corrected chi connectivity index (χ4v) is 3.35. The smallest absolute Gasteiger partial charge is 0.225 e. The summed E-state index contributed by atoms with van der Waals surface area (Å²) in [6.07, 6.45) is 0.480. The molecule has 1 aliphatic rings. The van der Waals surface area contributed by atoms with Gasteiger partial charge in [0.25, 0.3) is 0 Å². The summed E-state index contributed by atoms with van der Waals surface area (Å²) in [6, 6.07) is 16.4. The van der Waals surface area contributed by atoms with Gasteiger partial charge in [-0.25, -0.2) is 4.99 Å². The minimum Gasteiger partial charge on any atom is -0.378 e. The number of benzene rings is 2. The highest BCUT2D eigenvalue weighted by Gasteiger charge is 2.24. The number of nitrogens with one attached hydrogen (secondary N) is 3. The van der Waals surface area contributed by atoms with Crippen LogP contribution in [0.4, 0.5) is 11.4 Å². The van der Waals surface area contributed by atoms with E-state index >= 15 is 0 Å². The first kappa shape index (κ1) is 23.0. The molecule has 0 saturated heterocycles. The van der Waals surface area contributed by atoms with Crippen LogP contribution in [0.2, 0.25) is 0 Å². The molecule has 0 spiro atoms. The van der Waals surface area contributed by atoms with Gasteiger partial charge in [-0.3, -0.25) is 4.79 Å². The summed E-state index contributed by atoms with van der Waals surface area (Å²) >= 11 is 0. The van der Waals surface area contributed by atoms with Gasteiger partial charge in [-0.05, 0) is 36.2 Å². The van der Waals surface area contributed by atoms with E-state index in [9.17, 15) is 4.79 Å². The monoisotopic (exact) mass is 507 g/mol. The second kappa shape index (κ2) is 11.0. The first-order chi connectivity index (χ1) is 13.6. The zero-order chi connectivity index (χ0) is 19.9. The van der Waals surface area contributed by atoms with Crippen molar-refractivity contribution in [2.45, 2.75) is 25.8 Å². The molecule has 1 heterocycles. The first-order valence-electron chi connectivity index (χ1n) is 9.74. The molecule has 0 radical (unpaired) electrons. The molecule has 29 heavy (non-hydrogen) atoms. The van der Waals surface area contributed by atoms with Gasteiger partial charge in [0.2, 0.25) is 5.91 Å². The Bertz CT molecular complexity index is 853. The fraction of sp³-hybridized carbons (Fsp3) is 0.364. The van der Waals surface area contributed by atoms with Gasteiger partial charge < -0.3 is 20.9 Å². The van der Waals surface area contributed by atoms with Crippen LogP contribution in [-0.4, -0.2) is 39.1 Å². The van der Waals surface area contributed by atoms with Gasteiger partial charge in [0.15, 0.2) is 5.96 Å². The van der Waals surface area contributed by atoms with Crippen LogP contribution in [-0.2, 0) is 11.3 Å². The van der Waals surface area contributed by atoms with Crippen LogP contribution < -0.4 is 20.9 Å². The molecule has 2 aromatic carbocycles. The molecular weight excluding hydrogens is 477 g/mol. The van der Waals surface area contributed by atoms with Crippen molar-refractivity contribution in [1.29, 1.82) is 0 Å². The molecule has 0 saturated carbocycles. The normalized spacial score (nSPS) is 15.6. The average molecular weight is 507 g/mol. The Morgan fingerprint density at radius 3 is 2.72 bits per heavy atom. The van der Waals surface area contributed by atoms with Crippen molar-refractivity contribution in [2.24, 2.45) is 4.99 Å². The van der Waals surface area contributed by atoms with Crippen molar-refractivity contribution in [2.75, 3.05) is 37.4 Å². The third-order valence-electron chi connectivity index (χ3n) is 4.81. The van der Waals surface area contributed by atoms with Gasteiger partial charge >= 0.3 is 0 Å². The average Bonchev–Trinajstić information content (AvgIpc) is 2.70. The van der Waals surface area contributed by atoms with Gasteiger partial charge in [0.1, 0.15) is 0 Å². The number of rotatable bonds is 6. The fourth-order valence-electron chi connectivity index (χ4n) is 3.35. The molecule has 1 atom stereocenters. The molecule has 0 bridgehead atoms. The maximum Gasteiger partial charge on any atom is 0.225 e. The molecule has 0 fully saturated rings. The molecule has 1 unspecified atom stereocenters. The highest BCUT2D eigenvalue weighted by atomic mass is 127. The lowest BCUT2D eigenvalue weighted by atomic mass is 9.90. The van der Waals surface area contributed by atoms with Crippen LogP contribution in [0.3, 0.4) is 0 Å². The number of nitrogens with zero attached hydrogens (tertiary/aromatic N) is 2. The van der Waals surface area contributed by atoms with Gasteiger partial charge in [-0.2, -0.15) is 0 Å². The minimum atomic E-state index is 0. The Morgan fingerprint density at radius 1 is 1.17 bits per heavy atom. The van der Waals surface area contributed by atoms with Crippen LogP contribution in [0, 0.1) is 0 Å². The van der Waals surface area contributed by atoms with Crippen molar-refractivity contribution in [3.05, 3.63) is 59.7 Å². The third-order valence-corrected chi connectivity index (χ3v) is 4.81. The van der Waals surface area contributed by atoms with Gasteiger partial charge in [0.05, 0.1) is 6.54 Å². The van der Waals surface area contributed by atoms with Crippen LogP contribution in [0.15, 0.2) is 53.5 Å². The molecule has 0 aromatic heterocycles. The topological polar surface area (TPSA) is 68.8 Å². The molecule has 3 rings (SSSR count). The van der Waals surface area contributed by atoms with Gasteiger partial charge in [-0.15, -0.1) is 24.0 Å². The number of aliphatic imine (C=N–C) groups is 1. The summed E-state index contributed by atoms with van der Waals surface area (Å²) in [7, 11) is 4.07. The molecule has 2 aromatic rings. The standard InChI is InChI=1S/C22H29N5O.HI/c1-4-23-22(24-14-16-8-7-9-18(12-16)27(2)3)25-15-17-13-21(28)26-20-11-6-5-10-19(17)20;/h5-12,17H,4,13-15H2,1-3H3,(H,26,28)(H2,23,24,25);1H. The van der Waals surface area contributed by atoms with Crippen molar-refractivity contribution in [3.63, 3.8) is 0 Å². The summed E-state index contributed by atoms with van der Waals surface area (Å²) in [5.41, 5.74) is 4.40. The predicted octanol–water partition coefficient (Wildman–Crippen LogP) is 3.55. The Labute approximate surface area is 190 Å². The van der Waals surface area contributed by atoms with E-state index < -0.39 is 0 Å². The van der Waals surface area contributed by atoms with Crippen molar-refractivity contribution >= 4 is 47.2 Å². The molecule has 156 valence electrons. The van der Waals surface area contributed by atoms with Crippen molar-refractivity contribution < 1.29 is 4.79 Å². The number of carbonyl (C=O) groups is 1. The quantitative estimate of drug-likeness (QED) is 0.318. The van der Waals surface area contributed by atoms with E-state index in [1.165, 1.54) is 5.56 Å². The lowest BCUT2D eigenvalue weighted by Gasteiger charge is -2.26. The second-order valence-corrected chi connectivity index (χ2v) is 7.18. The number of fused-ring (bicyclic) bond motifs is 1. The zero-order valence-corrected chi connectivity index (χ0v) is 19.6. The highest BCUT2D eigenvalue weighted by Crippen LogP contribution is 2.31. The maximum atomic E-state index is 12.0. The Hall–Kier alpha value is -2.29. The Morgan fingerprint density at radius 2 is 1.97 bits per heavy atom. The van der Waals surface area contributed by atoms with Crippen LogP contribution in [0.1, 0.15) is 30.4 Å². The van der Waals surface area contributed by atoms with E-state index in [1.807, 2.05) is 39.2 Å². The Kier molecular flexibility index (Phi) is 8.75. The van der Waals surface area contributed by atoms with E-state index in [0.29, 0.717) is 19.5 Å². The molecule has 3 N–H and O–H groups in total. The highest BCUT2D eigenvalue weighted by molar-refractivity contribution is 14.0. The molecule has 1 aliphatic heterocycles. The SMILES string of the molecule is CCNC(=NCc1cccc(N(C)C)c1)NCC1CC(=O)Nc2ccccc21.I. The van der Waals surface area contributed by atoms with Crippen LogP contribution >= 0.6 is 24.0 Å². The predicted molar refractivity (Wildman–Crippen MR) is 131 cm³/mol. The van der Waals surface area contributed by atoms with Gasteiger partial charge in [-0.1, -0.05) is 30.3 Å². The van der Waals surface area contributed by atoms with Crippen molar-refractivity contribution in [3.8, 4) is 0 Å². The number of hydrogen-bond acceptors (Lipinski definition) is 3. The number of anilines is 2. The number of carbonyl (C=O) groups excluding carboxylic acids is 1. The molecule has 7 heteroatoms. The van der Waals surface area contributed by atoms with E-state index in [-0.39, 0.29) is 35.8 Å². The summed E-state index contributed by atoms with van der Waals surface area (Å²) < 4.78 is 0. The number of amides is 1.